The van der Waals surface area contributed by atoms with Gasteiger partial charge in [0.2, 0.25) is 0 Å². The van der Waals surface area contributed by atoms with Crippen molar-refractivity contribution in [3.05, 3.63) is 54.1 Å². The third kappa shape index (κ3) is 2.38. The van der Waals surface area contributed by atoms with Crippen LogP contribution in [0.5, 0.6) is 0 Å². The molecule has 0 aliphatic rings. The molecule has 0 amide bonds. The minimum Gasteiger partial charge on any atom is -0.327 e. The van der Waals surface area contributed by atoms with Gasteiger partial charge in [-0.15, -0.1) is 0 Å². The van der Waals surface area contributed by atoms with E-state index in [1.54, 1.807) is 17.8 Å². The first kappa shape index (κ1) is 15.2. The second kappa shape index (κ2) is 5.94. The van der Waals surface area contributed by atoms with E-state index in [0.717, 1.165) is 34.1 Å². The van der Waals surface area contributed by atoms with Crippen molar-refractivity contribution in [2.24, 2.45) is 7.05 Å². The Morgan fingerprint density at radius 1 is 1.04 bits per heavy atom. The van der Waals surface area contributed by atoms with Gasteiger partial charge in [-0.25, -0.2) is 14.4 Å². The van der Waals surface area contributed by atoms with E-state index < -0.39 is 0 Å². The third-order valence-electron chi connectivity index (χ3n) is 4.20. The van der Waals surface area contributed by atoms with Crippen LogP contribution in [0.1, 0.15) is 12.7 Å². The number of para-hydroxylation sites is 3. The molecule has 2 heterocycles. The highest BCUT2D eigenvalue weighted by molar-refractivity contribution is 7.98. The lowest BCUT2D eigenvalue weighted by Gasteiger charge is -2.06. The van der Waals surface area contributed by atoms with Crippen LogP contribution in [0.2, 0.25) is 0 Å². The summed E-state index contributed by atoms with van der Waals surface area (Å²) in [6.45, 7) is 2.81. The van der Waals surface area contributed by atoms with Crippen LogP contribution >= 0.6 is 11.8 Å². The Labute approximate surface area is 143 Å². The Bertz CT molecular complexity index is 1030. The maximum Gasteiger partial charge on any atom is 0.169 e. The number of hydrogen-bond donors (Lipinski definition) is 0. The summed E-state index contributed by atoms with van der Waals surface area (Å²) >= 11 is 1.62. The van der Waals surface area contributed by atoms with E-state index >= 15 is 0 Å². The number of rotatable bonds is 4. The van der Waals surface area contributed by atoms with Gasteiger partial charge in [-0.2, -0.15) is 0 Å². The fourth-order valence-electron chi connectivity index (χ4n) is 3.01. The molecular formula is C18H17FN4S. The Kier molecular flexibility index (Phi) is 3.76. The van der Waals surface area contributed by atoms with Gasteiger partial charge >= 0.3 is 0 Å². The van der Waals surface area contributed by atoms with Gasteiger partial charge in [0, 0.05) is 13.6 Å². The first-order valence-corrected chi connectivity index (χ1v) is 8.85. The summed E-state index contributed by atoms with van der Waals surface area (Å²) < 4.78 is 18.1. The molecule has 0 saturated heterocycles. The maximum atomic E-state index is 14.0. The average Bonchev–Trinajstić information content (AvgIpc) is 3.12. The van der Waals surface area contributed by atoms with Crippen molar-refractivity contribution in [3.63, 3.8) is 0 Å². The first-order chi connectivity index (χ1) is 11.7. The standard InChI is InChI=1S/C18H17FN4S/c1-3-23-15-10-6-7-12(19)17(15)21-16(23)11-24-18-20-13-8-4-5-9-14(13)22(18)2/h4-10H,3,11H2,1-2H3. The van der Waals surface area contributed by atoms with Crippen LogP contribution < -0.4 is 0 Å². The number of thioether (sulfide) groups is 1. The second-order valence-corrected chi connectivity index (χ2v) is 6.55. The second-order valence-electron chi connectivity index (χ2n) is 5.61. The number of fused-ring (bicyclic) bond motifs is 2. The zero-order valence-corrected chi connectivity index (χ0v) is 14.3. The van der Waals surface area contributed by atoms with Crippen LogP contribution in [-0.4, -0.2) is 19.1 Å². The van der Waals surface area contributed by atoms with E-state index in [1.165, 1.54) is 6.07 Å². The fourth-order valence-corrected chi connectivity index (χ4v) is 3.94. The molecule has 0 atom stereocenters. The van der Waals surface area contributed by atoms with Crippen LogP contribution in [0, 0.1) is 5.82 Å². The lowest BCUT2D eigenvalue weighted by Crippen LogP contribution is -2.01. The zero-order valence-electron chi connectivity index (χ0n) is 13.5. The number of aryl methyl sites for hydroxylation is 2. The van der Waals surface area contributed by atoms with Crippen molar-refractivity contribution in [1.29, 1.82) is 0 Å². The van der Waals surface area contributed by atoms with E-state index in [4.69, 9.17) is 0 Å². The van der Waals surface area contributed by atoms with Gasteiger partial charge in [-0.05, 0) is 31.2 Å². The Balaban J connectivity index is 1.69. The maximum absolute atomic E-state index is 14.0. The summed E-state index contributed by atoms with van der Waals surface area (Å²) in [7, 11) is 2.01. The quantitative estimate of drug-likeness (QED) is 0.517. The largest absolute Gasteiger partial charge is 0.327 e. The molecule has 2 aromatic heterocycles. The minimum absolute atomic E-state index is 0.270. The van der Waals surface area contributed by atoms with Crippen molar-refractivity contribution < 1.29 is 4.39 Å². The third-order valence-corrected chi connectivity index (χ3v) is 5.23. The van der Waals surface area contributed by atoms with E-state index in [0.29, 0.717) is 11.3 Å². The Morgan fingerprint density at radius 3 is 2.62 bits per heavy atom. The highest BCUT2D eigenvalue weighted by atomic mass is 32.2. The average molecular weight is 340 g/mol. The molecule has 4 aromatic rings. The summed E-state index contributed by atoms with van der Waals surface area (Å²) in [5.41, 5.74) is 3.38. The summed E-state index contributed by atoms with van der Waals surface area (Å²) in [4.78, 5) is 9.18. The summed E-state index contributed by atoms with van der Waals surface area (Å²) in [6, 6.07) is 13.2. The lowest BCUT2D eigenvalue weighted by molar-refractivity contribution is 0.637. The van der Waals surface area contributed by atoms with Crippen molar-refractivity contribution in [1.82, 2.24) is 19.1 Å². The van der Waals surface area contributed by atoms with Crippen LogP contribution in [0.25, 0.3) is 22.1 Å². The zero-order chi connectivity index (χ0) is 16.7. The van der Waals surface area contributed by atoms with E-state index in [1.807, 2.05) is 31.3 Å². The Morgan fingerprint density at radius 2 is 1.83 bits per heavy atom. The van der Waals surface area contributed by atoms with Crippen LogP contribution in [0.15, 0.2) is 47.6 Å². The van der Waals surface area contributed by atoms with Gasteiger partial charge in [-0.1, -0.05) is 30.0 Å². The van der Waals surface area contributed by atoms with Crippen LogP contribution in [-0.2, 0) is 19.3 Å². The number of nitrogens with zero attached hydrogens (tertiary/aromatic N) is 4. The highest BCUT2D eigenvalue weighted by Gasteiger charge is 2.14. The number of aromatic nitrogens is 4. The number of hydrogen-bond acceptors (Lipinski definition) is 3. The van der Waals surface area contributed by atoms with Gasteiger partial charge < -0.3 is 9.13 Å². The normalized spacial score (nSPS) is 11.6. The molecule has 2 aromatic carbocycles. The molecule has 0 aliphatic carbocycles. The number of halogens is 1. The smallest absolute Gasteiger partial charge is 0.169 e. The summed E-state index contributed by atoms with van der Waals surface area (Å²) in [6.07, 6.45) is 0. The van der Waals surface area contributed by atoms with Gasteiger partial charge in [-0.3, -0.25) is 0 Å². The van der Waals surface area contributed by atoms with Crippen molar-refractivity contribution in [2.45, 2.75) is 24.4 Å². The molecule has 0 spiro atoms. The van der Waals surface area contributed by atoms with Gasteiger partial charge in [0.05, 0.1) is 22.3 Å². The molecule has 0 saturated carbocycles. The molecule has 24 heavy (non-hydrogen) atoms. The SMILES string of the molecule is CCn1c(CSc2nc3ccccc3n2C)nc2c(F)cccc21. The van der Waals surface area contributed by atoms with Gasteiger partial charge in [0.15, 0.2) is 11.0 Å². The molecule has 0 aliphatic heterocycles. The monoisotopic (exact) mass is 340 g/mol. The van der Waals surface area contributed by atoms with Gasteiger partial charge in [0.1, 0.15) is 11.3 Å². The molecule has 0 bridgehead atoms. The summed E-state index contributed by atoms with van der Waals surface area (Å²) in [5.74, 6) is 1.25. The van der Waals surface area contributed by atoms with Crippen molar-refractivity contribution >= 4 is 33.8 Å². The molecule has 0 fully saturated rings. The lowest BCUT2D eigenvalue weighted by atomic mass is 10.3. The minimum atomic E-state index is -0.270. The molecule has 0 unspecified atom stereocenters. The number of imidazole rings is 2. The van der Waals surface area contributed by atoms with Crippen molar-refractivity contribution in [3.8, 4) is 0 Å². The molecule has 0 N–H and O–H groups in total. The summed E-state index contributed by atoms with van der Waals surface area (Å²) in [5, 5.41) is 0.936. The molecule has 6 heteroatoms. The van der Waals surface area contributed by atoms with E-state index in [9.17, 15) is 4.39 Å². The molecular weight excluding hydrogens is 323 g/mol. The highest BCUT2D eigenvalue weighted by Crippen LogP contribution is 2.27. The van der Waals surface area contributed by atoms with Crippen LogP contribution in [0.3, 0.4) is 0 Å². The van der Waals surface area contributed by atoms with E-state index in [2.05, 4.69) is 32.1 Å². The van der Waals surface area contributed by atoms with E-state index in [-0.39, 0.29) is 5.82 Å². The predicted molar refractivity (Wildman–Crippen MR) is 95.6 cm³/mol. The first-order valence-electron chi connectivity index (χ1n) is 7.87. The predicted octanol–water partition coefficient (Wildman–Crippen LogP) is 4.37. The number of benzene rings is 2. The van der Waals surface area contributed by atoms with Gasteiger partial charge in [0.25, 0.3) is 0 Å². The molecule has 4 rings (SSSR count). The molecule has 122 valence electrons. The van der Waals surface area contributed by atoms with Crippen LogP contribution in [0.4, 0.5) is 4.39 Å². The Hall–Kier alpha value is -2.34. The van der Waals surface area contributed by atoms with Crippen molar-refractivity contribution in [2.75, 3.05) is 0 Å². The topological polar surface area (TPSA) is 35.6 Å². The molecule has 4 nitrogen and oxygen atoms in total. The fraction of sp³-hybridized carbons (Fsp3) is 0.222. The molecule has 0 radical (unpaired) electrons.